The molecule has 0 bridgehead atoms. The number of carbonyl (C=O) groups excluding carboxylic acids is 1. The number of nitrogens with zero attached hydrogens (tertiary/aromatic N) is 2. The van der Waals surface area contributed by atoms with Crippen LogP contribution in [0.5, 0.6) is 11.5 Å². The summed E-state index contributed by atoms with van der Waals surface area (Å²) in [5.41, 5.74) is 0.638. The average molecular weight is 434 g/mol. The van der Waals surface area contributed by atoms with Crippen molar-refractivity contribution in [3.05, 3.63) is 72.3 Å². The fourth-order valence-electron chi connectivity index (χ4n) is 4.61. The number of likely N-dealkylation sites (tertiary alicyclic amines) is 2. The van der Waals surface area contributed by atoms with Gasteiger partial charge in [-0.15, -0.1) is 0 Å². The Hall–Kier alpha value is -2.63. The zero-order chi connectivity index (χ0) is 22.0. The SMILES string of the molecule is O=C(NC/C=C/CN1CCC(N2CCCCC2)CC1)c1ccc(Oc2ccccc2)cc1. The number of benzene rings is 2. The van der Waals surface area contributed by atoms with Gasteiger partial charge in [0.25, 0.3) is 5.91 Å². The Morgan fingerprint density at radius 1 is 0.875 bits per heavy atom. The predicted molar refractivity (Wildman–Crippen MR) is 129 cm³/mol. The lowest BCUT2D eigenvalue weighted by molar-refractivity contribution is 0.0956. The molecule has 1 amide bonds. The van der Waals surface area contributed by atoms with Gasteiger partial charge in [0.15, 0.2) is 0 Å². The van der Waals surface area contributed by atoms with E-state index in [0.29, 0.717) is 12.1 Å². The molecule has 0 radical (unpaired) electrons. The molecule has 0 saturated carbocycles. The van der Waals surface area contributed by atoms with E-state index in [1.54, 1.807) is 12.1 Å². The van der Waals surface area contributed by atoms with Gasteiger partial charge in [-0.25, -0.2) is 0 Å². The van der Waals surface area contributed by atoms with Crippen molar-refractivity contribution in [1.29, 1.82) is 0 Å². The summed E-state index contributed by atoms with van der Waals surface area (Å²) in [6.45, 7) is 6.46. The van der Waals surface area contributed by atoms with Crippen molar-refractivity contribution in [2.45, 2.75) is 38.1 Å². The minimum absolute atomic E-state index is 0.0664. The molecule has 170 valence electrons. The average Bonchev–Trinajstić information content (AvgIpc) is 2.86. The van der Waals surface area contributed by atoms with Crippen LogP contribution in [0.15, 0.2) is 66.7 Å². The normalized spacial score (nSPS) is 18.6. The van der Waals surface area contributed by atoms with Crippen LogP contribution in [0.3, 0.4) is 0 Å². The quantitative estimate of drug-likeness (QED) is 0.612. The zero-order valence-corrected chi connectivity index (χ0v) is 18.9. The Labute approximate surface area is 192 Å². The minimum atomic E-state index is -0.0664. The van der Waals surface area contributed by atoms with Crippen LogP contribution in [0.1, 0.15) is 42.5 Å². The van der Waals surface area contributed by atoms with Gasteiger partial charge in [-0.3, -0.25) is 9.69 Å². The molecule has 5 nitrogen and oxygen atoms in total. The van der Waals surface area contributed by atoms with Crippen LogP contribution in [-0.4, -0.2) is 61.0 Å². The van der Waals surface area contributed by atoms with E-state index in [4.69, 9.17) is 4.74 Å². The van der Waals surface area contributed by atoms with Crippen LogP contribution < -0.4 is 10.1 Å². The van der Waals surface area contributed by atoms with E-state index < -0.39 is 0 Å². The predicted octanol–water partition coefficient (Wildman–Crippen LogP) is 4.72. The highest BCUT2D eigenvalue weighted by molar-refractivity contribution is 5.94. The van der Waals surface area contributed by atoms with Crippen molar-refractivity contribution in [2.75, 3.05) is 39.3 Å². The summed E-state index contributed by atoms with van der Waals surface area (Å²) >= 11 is 0. The lowest BCUT2D eigenvalue weighted by Crippen LogP contribution is -2.46. The van der Waals surface area contributed by atoms with Gasteiger partial charge in [-0.05, 0) is 88.3 Å². The minimum Gasteiger partial charge on any atom is -0.457 e. The molecule has 2 heterocycles. The van der Waals surface area contributed by atoms with Gasteiger partial charge in [0.2, 0.25) is 0 Å². The lowest BCUT2D eigenvalue weighted by Gasteiger charge is -2.40. The second kappa shape index (κ2) is 11.8. The van der Waals surface area contributed by atoms with Gasteiger partial charge in [0.05, 0.1) is 0 Å². The van der Waals surface area contributed by atoms with Gasteiger partial charge >= 0.3 is 0 Å². The van der Waals surface area contributed by atoms with Crippen molar-refractivity contribution in [1.82, 2.24) is 15.1 Å². The van der Waals surface area contributed by atoms with E-state index >= 15 is 0 Å². The third kappa shape index (κ3) is 6.68. The highest BCUT2D eigenvalue weighted by atomic mass is 16.5. The standard InChI is InChI=1S/C27H35N3O2/c31-27(23-11-13-26(14-12-23)32-25-9-3-1-4-10-25)28-17-5-8-18-29-21-15-24(16-22-29)30-19-6-2-7-20-30/h1,3-5,8-14,24H,2,6-7,15-22H2,(H,28,31)/b8-5+. The van der Waals surface area contributed by atoms with Crippen LogP contribution in [0.2, 0.25) is 0 Å². The number of ether oxygens (including phenoxy) is 1. The van der Waals surface area contributed by atoms with Crippen molar-refractivity contribution < 1.29 is 9.53 Å². The Morgan fingerprint density at radius 3 is 2.28 bits per heavy atom. The topological polar surface area (TPSA) is 44.8 Å². The molecule has 0 atom stereocenters. The van der Waals surface area contributed by atoms with E-state index in [1.165, 1.54) is 58.3 Å². The van der Waals surface area contributed by atoms with E-state index in [9.17, 15) is 4.79 Å². The molecule has 2 fully saturated rings. The molecular formula is C27H35N3O2. The van der Waals surface area contributed by atoms with Crippen LogP contribution >= 0.6 is 0 Å². The molecule has 0 unspecified atom stereocenters. The maximum atomic E-state index is 12.4. The molecule has 4 rings (SSSR count). The first-order valence-electron chi connectivity index (χ1n) is 12.0. The Bertz CT molecular complexity index is 852. The summed E-state index contributed by atoms with van der Waals surface area (Å²) in [5.74, 6) is 1.44. The fourth-order valence-corrected chi connectivity index (χ4v) is 4.61. The number of para-hydroxylation sites is 1. The van der Waals surface area contributed by atoms with Gasteiger partial charge in [0.1, 0.15) is 11.5 Å². The lowest BCUT2D eigenvalue weighted by atomic mass is 10.00. The Morgan fingerprint density at radius 2 is 1.56 bits per heavy atom. The number of carbonyl (C=O) groups is 1. The molecule has 0 aromatic heterocycles. The number of piperidine rings is 2. The first-order valence-corrected chi connectivity index (χ1v) is 12.0. The van der Waals surface area contributed by atoms with E-state index in [0.717, 1.165) is 24.1 Å². The van der Waals surface area contributed by atoms with Gasteiger partial charge in [-0.2, -0.15) is 0 Å². The smallest absolute Gasteiger partial charge is 0.251 e. The van der Waals surface area contributed by atoms with Crippen LogP contribution in [0.4, 0.5) is 0 Å². The summed E-state index contributed by atoms with van der Waals surface area (Å²) in [6, 6.07) is 17.7. The van der Waals surface area contributed by atoms with E-state index in [1.807, 2.05) is 42.5 Å². The molecule has 0 aliphatic carbocycles. The van der Waals surface area contributed by atoms with Crippen LogP contribution in [-0.2, 0) is 0 Å². The molecule has 2 aliphatic heterocycles. The van der Waals surface area contributed by atoms with E-state index in [-0.39, 0.29) is 5.91 Å². The Balaban J connectivity index is 1.13. The van der Waals surface area contributed by atoms with Crippen LogP contribution in [0.25, 0.3) is 0 Å². The number of rotatable bonds is 8. The molecule has 1 N–H and O–H groups in total. The zero-order valence-electron chi connectivity index (χ0n) is 18.9. The molecule has 5 heteroatoms. The summed E-state index contributed by atoms with van der Waals surface area (Å²) < 4.78 is 5.77. The summed E-state index contributed by atoms with van der Waals surface area (Å²) in [4.78, 5) is 17.6. The van der Waals surface area contributed by atoms with Crippen molar-refractivity contribution in [2.24, 2.45) is 0 Å². The number of hydrogen-bond acceptors (Lipinski definition) is 4. The van der Waals surface area contributed by atoms with Crippen molar-refractivity contribution in [3.63, 3.8) is 0 Å². The van der Waals surface area contributed by atoms with Gasteiger partial charge in [-0.1, -0.05) is 36.8 Å². The molecule has 0 spiro atoms. The third-order valence-electron chi connectivity index (χ3n) is 6.47. The molecule has 2 aliphatic rings. The number of hydrogen-bond donors (Lipinski definition) is 1. The molecule has 2 aromatic carbocycles. The summed E-state index contributed by atoms with van der Waals surface area (Å²) in [7, 11) is 0. The number of nitrogens with one attached hydrogen (secondary N) is 1. The van der Waals surface area contributed by atoms with Crippen LogP contribution in [0, 0.1) is 0 Å². The summed E-state index contributed by atoms with van der Waals surface area (Å²) in [5, 5.41) is 2.96. The molecule has 2 aromatic rings. The highest BCUT2D eigenvalue weighted by Crippen LogP contribution is 2.22. The molecular weight excluding hydrogens is 398 g/mol. The second-order valence-corrected chi connectivity index (χ2v) is 8.75. The summed E-state index contributed by atoms with van der Waals surface area (Å²) in [6.07, 6.45) is 11.0. The highest BCUT2D eigenvalue weighted by Gasteiger charge is 2.24. The molecule has 2 saturated heterocycles. The maximum absolute atomic E-state index is 12.4. The number of amides is 1. The fraction of sp³-hybridized carbons (Fsp3) is 0.444. The van der Waals surface area contributed by atoms with E-state index in [2.05, 4.69) is 27.3 Å². The third-order valence-corrected chi connectivity index (χ3v) is 6.47. The maximum Gasteiger partial charge on any atom is 0.251 e. The second-order valence-electron chi connectivity index (χ2n) is 8.75. The van der Waals surface area contributed by atoms with Crippen molar-refractivity contribution >= 4 is 5.91 Å². The van der Waals surface area contributed by atoms with Gasteiger partial charge < -0.3 is 15.0 Å². The Kier molecular flexibility index (Phi) is 8.35. The first kappa shape index (κ1) is 22.6. The monoisotopic (exact) mass is 433 g/mol. The largest absolute Gasteiger partial charge is 0.457 e. The van der Waals surface area contributed by atoms with Gasteiger partial charge in [0, 0.05) is 24.7 Å². The molecule has 32 heavy (non-hydrogen) atoms. The van der Waals surface area contributed by atoms with Crippen molar-refractivity contribution in [3.8, 4) is 11.5 Å². The first-order chi connectivity index (χ1) is 15.8.